The molecule has 1 heterocycles. The van der Waals surface area contributed by atoms with Gasteiger partial charge < -0.3 is 5.32 Å². The number of aromatic nitrogens is 4. The lowest BCUT2D eigenvalue weighted by atomic mass is 10.2. The van der Waals surface area contributed by atoms with E-state index in [0.717, 1.165) is 30.0 Å². The maximum absolute atomic E-state index is 13.0. The maximum Gasteiger partial charge on any atom is 0.234 e. The van der Waals surface area contributed by atoms with Gasteiger partial charge in [-0.1, -0.05) is 25.6 Å². The molecule has 0 radical (unpaired) electrons. The second-order valence-corrected chi connectivity index (χ2v) is 5.97. The Morgan fingerprint density at radius 3 is 2.64 bits per heavy atom. The number of amides is 1. The van der Waals surface area contributed by atoms with E-state index in [-0.39, 0.29) is 11.4 Å². The summed E-state index contributed by atoms with van der Waals surface area (Å²) in [6, 6.07) is 2.84. The first kappa shape index (κ1) is 16.3. The molecule has 0 aliphatic rings. The van der Waals surface area contributed by atoms with Gasteiger partial charge in [0.15, 0.2) is 0 Å². The van der Waals surface area contributed by atoms with Crippen LogP contribution < -0.4 is 5.32 Å². The molecule has 0 spiro atoms. The highest BCUT2D eigenvalue weighted by Crippen LogP contribution is 2.17. The molecule has 0 atom stereocenters. The lowest BCUT2D eigenvalue weighted by Crippen LogP contribution is -2.15. The molecule has 0 saturated carbocycles. The summed E-state index contributed by atoms with van der Waals surface area (Å²) in [6.45, 7) is 4.70. The van der Waals surface area contributed by atoms with E-state index >= 15 is 0 Å². The molecule has 0 fully saturated rings. The van der Waals surface area contributed by atoms with Crippen molar-refractivity contribution in [3.63, 3.8) is 0 Å². The average molecular weight is 327 g/mol. The molecule has 0 saturated heterocycles. The van der Waals surface area contributed by atoms with Gasteiger partial charge in [-0.3, -0.25) is 4.79 Å². The second-order valence-electron chi connectivity index (χ2n) is 5.03. The summed E-state index contributed by atoms with van der Waals surface area (Å²) in [5.74, 6) is -1.48. The van der Waals surface area contributed by atoms with Crippen LogP contribution in [0.2, 0.25) is 0 Å². The van der Waals surface area contributed by atoms with Crippen molar-refractivity contribution in [2.45, 2.75) is 25.5 Å². The van der Waals surface area contributed by atoms with Crippen molar-refractivity contribution in [3.05, 3.63) is 29.8 Å². The topological polar surface area (TPSA) is 72.7 Å². The van der Waals surface area contributed by atoms with Crippen LogP contribution in [0.5, 0.6) is 0 Å². The zero-order valence-electron chi connectivity index (χ0n) is 12.1. The number of tetrazole rings is 1. The fourth-order valence-electron chi connectivity index (χ4n) is 1.71. The molecule has 9 heteroatoms. The van der Waals surface area contributed by atoms with Crippen molar-refractivity contribution in [1.82, 2.24) is 20.2 Å². The van der Waals surface area contributed by atoms with Gasteiger partial charge in [-0.15, -0.1) is 5.10 Å². The monoisotopic (exact) mass is 327 g/mol. The molecule has 0 aliphatic carbocycles. The first-order valence-corrected chi connectivity index (χ1v) is 7.57. The van der Waals surface area contributed by atoms with Crippen LogP contribution in [0.4, 0.5) is 14.5 Å². The molecule has 118 valence electrons. The molecule has 1 aromatic carbocycles. The van der Waals surface area contributed by atoms with Crippen LogP contribution in [-0.2, 0) is 11.3 Å². The Kier molecular flexibility index (Phi) is 5.42. The van der Waals surface area contributed by atoms with Gasteiger partial charge in [-0.25, -0.2) is 13.5 Å². The highest BCUT2D eigenvalue weighted by atomic mass is 32.2. The minimum absolute atomic E-state index is 0.0383. The number of nitrogens with zero attached hydrogens (tertiary/aromatic N) is 4. The SMILES string of the molecule is CC(C)Cn1nnnc1SCC(=O)Nc1cc(F)cc(F)c1. The van der Waals surface area contributed by atoms with Gasteiger partial charge in [0.05, 0.1) is 5.75 Å². The number of benzene rings is 1. The molecule has 22 heavy (non-hydrogen) atoms. The molecule has 1 aromatic heterocycles. The zero-order valence-corrected chi connectivity index (χ0v) is 12.9. The van der Waals surface area contributed by atoms with Crippen molar-refractivity contribution in [1.29, 1.82) is 0 Å². The van der Waals surface area contributed by atoms with E-state index in [9.17, 15) is 13.6 Å². The van der Waals surface area contributed by atoms with E-state index in [1.807, 2.05) is 13.8 Å². The lowest BCUT2D eigenvalue weighted by molar-refractivity contribution is -0.113. The summed E-state index contributed by atoms with van der Waals surface area (Å²) < 4.78 is 27.7. The van der Waals surface area contributed by atoms with Crippen molar-refractivity contribution >= 4 is 23.4 Å². The number of carbonyl (C=O) groups excluding carboxylic acids is 1. The maximum atomic E-state index is 13.0. The zero-order chi connectivity index (χ0) is 16.1. The van der Waals surface area contributed by atoms with Crippen LogP contribution in [0.1, 0.15) is 13.8 Å². The second kappa shape index (κ2) is 7.30. The molecule has 2 aromatic rings. The molecular formula is C13H15F2N5OS. The van der Waals surface area contributed by atoms with Crippen LogP contribution in [0.25, 0.3) is 0 Å². The van der Waals surface area contributed by atoms with Gasteiger partial charge in [0.2, 0.25) is 11.1 Å². The molecule has 0 unspecified atom stereocenters. The van der Waals surface area contributed by atoms with E-state index in [1.54, 1.807) is 4.68 Å². The Balaban J connectivity index is 1.91. The molecule has 0 aliphatic heterocycles. The molecule has 2 rings (SSSR count). The van der Waals surface area contributed by atoms with E-state index in [0.29, 0.717) is 17.6 Å². The van der Waals surface area contributed by atoms with Gasteiger partial charge in [0, 0.05) is 18.3 Å². The first-order valence-electron chi connectivity index (χ1n) is 6.59. The van der Waals surface area contributed by atoms with E-state index in [2.05, 4.69) is 20.8 Å². The normalized spacial score (nSPS) is 11.0. The van der Waals surface area contributed by atoms with Crippen molar-refractivity contribution in [2.24, 2.45) is 5.92 Å². The summed E-state index contributed by atoms with van der Waals surface area (Å²) in [5.41, 5.74) is 0.0740. The van der Waals surface area contributed by atoms with Gasteiger partial charge in [0.25, 0.3) is 0 Å². The minimum Gasteiger partial charge on any atom is -0.325 e. The largest absolute Gasteiger partial charge is 0.325 e. The lowest BCUT2D eigenvalue weighted by Gasteiger charge is -2.07. The molecular weight excluding hydrogens is 312 g/mol. The Morgan fingerprint density at radius 1 is 1.32 bits per heavy atom. The van der Waals surface area contributed by atoms with Gasteiger partial charge in [0.1, 0.15) is 11.6 Å². The van der Waals surface area contributed by atoms with Crippen LogP contribution in [0.3, 0.4) is 0 Å². The predicted molar refractivity (Wildman–Crippen MR) is 78.4 cm³/mol. The summed E-state index contributed by atoms with van der Waals surface area (Å²) in [7, 11) is 0. The summed E-state index contributed by atoms with van der Waals surface area (Å²) in [6.07, 6.45) is 0. The molecule has 1 N–H and O–H groups in total. The Hall–Kier alpha value is -2.03. The first-order chi connectivity index (χ1) is 10.4. The van der Waals surface area contributed by atoms with Crippen molar-refractivity contribution < 1.29 is 13.6 Å². The third-order valence-electron chi connectivity index (χ3n) is 2.52. The average Bonchev–Trinajstić information content (AvgIpc) is 2.81. The molecule has 6 nitrogen and oxygen atoms in total. The number of halogens is 2. The van der Waals surface area contributed by atoms with Crippen LogP contribution >= 0.6 is 11.8 Å². The minimum atomic E-state index is -0.746. The predicted octanol–water partition coefficient (Wildman–Crippen LogP) is 2.34. The Labute approximate surface area is 130 Å². The van der Waals surface area contributed by atoms with E-state index < -0.39 is 17.5 Å². The smallest absolute Gasteiger partial charge is 0.234 e. The summed E-state index contributed by atoms with van der Waals surface area (Å²) in [4.78, 5) is 11.8. The highest BCUT2D eigenvalue weighted by molar-refractivity contribution is 7.99. The van der Waals surface area contributed by atoms with Gasteiger partial charge in [-0.05, 0) is 28.5 Å². The van der Waals surface area contributed by atoms with Gasteiger partial charge >= 0.3 is 0 Å². The molecule has 0 bridgehead atoms. The summed E-state index contributed by atoms with van der Waals surface area (Å²) in [5, 5.41) is 14.2. The number of hydrogen-bond acceptors (Lipinski definition) is 5. The Bertz CT molecular complexity index is 641. The number of carbonyl (C=O) groups is 1. The third kappa shape index (κ3) is 4.76. The Morgan fingerprint density at radius 2 is 2.00 bits per heavy atom. The van der Waals surface area contributed by atoms with Crippen molar-refractivity contribution in [2.75, 3.05) is 11.1 Å². The number of rotatable bonds is 6. The molecule has 1 amide bonds. The fraction of sp³-hybridized carbons (Fsp3) is 0.385. The number of hydrogen-bond donors (Lipinski definition) is 1. The number of nitrogens with one attached hydrogen (secondary N) is 1. The fourth-order valence-corrected chi connectivity index (χ4v) is 2.40. The highest BCUT2D eigenvalue weighted by Gasteiger charge is 2.12. The van der Waals surface area contributed by atoms with Gasteiger partial charge in [-0.2, -0.15) is 0 Å². The van der Waals surface area contributed by atoms with E-state index in [1.165, 1.54) is 0 Å². The quantitative estimate of drug-likeness (QED) is 0.825. The standard InChI is InChI=1S/C13H15F2N5OS/c1-8(2)6-20-13(17-18-19-20)22-7-12(21)16-11-4-9(14)3-10(15)5-11/h3-5,8H,6-7H2,1-2H3,(H,16,21). The summed E-state index contributed by atoms with van der Waals surface area (Å²) >= 11 is 1.16. The van der Waals surface area contributed by atoms with Crippen molar-refractivity contribution in [3.8, 4) is 0 Å². The number of anilines is 1. The third-order valence-corrected chi connectivity index (χ3v) is 3.47. The van der Waals surface area contributed by atoms with E-state index in [4.69, 9.17) is 0 Å². The van der Waals surface area contributed by atoms with Crippen LogP contribution in [0.15, 0.2) is 23.4 Å². The van der Waals surface area contributed by atoms with Crippen LogP contribution in [-0.4, -0.2) is 31.9 Å². The van der Waals surface area contributed by atoms with Crippen LogP contribution in [0, 0.1) is 17.6 Å². The number of thioether (sulfide) groups is 1.